The van der Waals surface area contributed by atoms with E-state index in [4.69, 9.17) is 10.8 Å². The van der Waals surface area contributed by atoms with Crippen LogP contribution in [-0.2, 0) is 20.6 Å². The molecule has 0 bridgehead atoms. The molecule has 8 heteroatoms. The molecule has 4 N–H and O–H groups in total. The van der Waals surface area contributed by atoms with Crippen LogP contribution in [-0.4, -0.2) is 31.4 Å². The molecule has 0 heterocycles. The lowest BCUT2D eigenvalue weighted by Crippen LogP contribution is -2.47. The van der Waals surface area contributed by atoms with E-state index >= 15 is 0 Å². The summed E-state index contributed by atoms with van der Waals surface area (Å²) in [7, 11) is -3.81. The summed E-state index contributed by atoms with van der Waals surface area (Å²) in [5.41, 5.74) is 5.47. The summed E-state index contributed by atoms with van der Waals surface area (Å²) in [5.74, 6) is -2.61. The van der Waals surface area contributed by atoms with Crippen molar-refractivity contribution in [1.29, 1.82) is 0 Å². The largest absolute Gasteiger partial charge is 0.478 e. The number of aromatic carboxylic acids is 1. The number of rotatable bonds is 7. The van der Waals surface area contributed by atoms with Gasteiger partial charge in [-0.25, -0.2) is 17.9 Å². The van der Waals surface area contributed by atoms with Gasteiger partial charge in [-0.15, -0.1) is 0 Å². The van der Waals surface area contributed by atoms with E-state index in [0.717, 1.165) is 0 Å². The zero-order valence-corrected chi connectivity index (χ0v) is 12.6. The molecular formula is C13H18N2O5S. The molecule has 0 radical (unpaired) electrons. The summed E-state index contributed by atoms with van der Waals surface area (Å²) in [6.07, 6.45) is 0. The van der Waals surface area contributed by atoms with Gasteiger partial charge < -0.3 is 10.8 Å². The summed E-state index contributed by atoms with van der Waals surface area (Å²) in [6.45, 7) is 3.34. The fourth-order valence-electron chi connectivity index (χ4n) is 1.77. The first kappa shape index (κ1) is 17.1. The van der Waals surface area contributed by atoms with Crippen molar-refractivity contribution in [3.8, 4) is 0 Å². The third kappa shape index (κ3) is 5.16. The molecule has 0 saturated carbocycles. The Morgan fingerprint density at radius 1 is 1.33 bits per heavy atom. The second kappa shape index (κ2) is 6.68. The molecule has 0 aromatic heterocycles. The lowest BCUT2D eigenvalue weighted by atomic mass is 10.1. The van der Waals surface area contributed by atoms with Crippen molar-refractivity contribution in [2.75, 3.05) is 0 Å². The lowest BCUT2D eigenvalue weighted by Gasteiger charge is -2.19. The highest BCUT2D eigenvalue weighted by molar-refractivity contribution is 7.88. The Bertz CT molecular complexity index is 640. The molecule has 1 rings (SSSR count). The maximum atomic E-state index is 12.0. The number of hydrogen-bond acceptors (Lipinski definition) is 4. The number of benzene rings is 1. The van der Waals surface area contributed by atoms with Crippen LogP contribution >= 0.6 is 0 Å². The number of nitrogens with two attached hydrogens (primary N) is 1. The van der Waals surface area contributed by atoms with Gasteiger partial charge in [0.05, 0.1) is 11.3 Å². The van der Waals surface area contributed by atoms with E-state index in [1.807, 2.05) is 0 Å². The third-order valence-corrected chi connectivity index (χ3v) is 4.14. The molecule has 0 aliphatic rings. The molecule has 0 aliphatic carbocycles. The second-order valence-electron chi connectivity index (χ2n) is 5.01. The number of carbonyl (C=O) groups is 2. The Labute approximate surface area is 123 Å². The summed E-state index contributed by atoms with van der Waals surface area (Å²) in [5, 5.41) is 8.87. The van der Waals surface area contributed by atoms with E-state index in [2.05, 4.69) is 4.72 Å². The van der Waals surface area contributed by atoms with Crippen molar-refractivity contribution in [1.82, 2.24) is 4.72 Å². The SMILES string of the molecule is CC(C)C(NS(=O)(=O)Cc1cccc(C(=O)O)c1)C(N)=O. The third-order valence-electron chi connectivity index (χ3n) is 2.81. The van der Waals surface area contributed by atoms with Crippen molar-refractivity contribution in [2.24, 2.45) is 11.7 Å². The molecule has 1 aromatic rings. The Hall–Kier alpha value is -1.93. The fraction of sp³-hybridized carbons (Fsp3) is 0.385. The van der Waals surface area contributed by atoms with Crippen LogP contribution in [0, 0.1) is 5.92 Å². The predicted octanol–water partition coefficient (Wildman–Crippen LogP) is 0.314. The van der Waals surface area contributed by atoms with Gasteiger partial charge in [-0.2, -0.15) is 0 Å². The minimum Gasteiger partial charge on any atom is -0.478 e. The van der Waals surface area contributed by atoms with Gasteiger partial charge in [-0.1, -0.05) is 26.0 Å². The van der Waals surface area contributed by atoms with Crippen molar-refractivity contribution < 1.29 is 23.1 Å². The summed E-state index contributed by atoms with van der Waals surface area (Å²) >= 11 is 0. The van der Waals surface area contributed by atoms with Gasteiger partial charge in [0.1, 0.15) is 6.04 Å². The highest BCUT2D eigenvalue weighted by atomic mass is 32.2. The number of carboxylic acids is 1. The second-order valence-corrected chi connectivity index (χ2v) is 6.76. The van der Waals surface area contributed by atoms with Crippen LogP contribution in [0.1, 0.15) is 29.8 Å². The quantitative estimate of drug-likeness (QED) is 0.667. The normalized spacial score (nSPS) is 13.1. The van der Waals surface area contributed by atoms with Gasteiger partial charge >= 0.3 is 5.97 Å². The Morgan fingerprint density at radius 2 is 1.95 bits per heavy atom. The smallest absolute Gasteiger partial charge is 0.335 e. The Kier molecular flexibility index (Phi) is 5.45. The summed E-state index contributed by atoms with van der Waals surface area (Å²) in [6, 6.07) is 4.60. The molecule has 1 unspecified atom stereocenters. The standard InChI is InChI=1S/C13H18N2O5S/c1-8(2)11(12(14)16)15-21(19,20)7-9-4-3-5-10(6-9)13(17)18/h3-6,8,11,15H,7H2,1-2H3,(H2,14,16)(H,17,18). The molecule has 0 aliphatic heterocycles. The topological polar surface area (TPSA) is 127 Å². The van der Waals surface area contributed by atoms with Gasteiger partial charge in [0.15, 0.2) is 0 Å². The van der Waals surface area contributed by atoms with E-state index in [1.54, 1.807) is 13.8 Å². The molecule has 1 atom stereocenters. The van der Waals surface area contributed by atoms with Crippen molar-refractivity contribution in [3.05, 3.63) is 35.4 Å². The molecule has 0 saturated heterocycles. The highest BCUT2D eigenvalue weighted by Gasteiger charge is 2.25. The number of primary amides is 1. The van der Waals surface area contributed by atoms with Crippen LogP contribution in [0.3, 0.4) is 0 Å². The number of amides is 1. The van der Waals surface area contributed by atoms with Crippen molar-refractivity contribution in [2.45, 2.75) is 25.6 Å². The number of hydrogen-bond donors (Lipinski definition) is 3. The zero-order valence-electron chi connectivity index (χ0n) is 11.7. The van der Waals surface area contributed by atoms with Crippen LogP contribution in [0.25, 0.3) is 0 Å². The maximum Gasteiger partial charge on any atom is 0.335 e. The first-order valence-corrected chi connectivity index (χ1v) is 7.89. The molecule has 1 aromatic carbocycles. The maximum absolute atomic E-state index is 12.0. The Balaban J connectivity index is 2.92. The highest BCUT2D eigenvalue weighted by Crippen LogP contribution is 2.11. The van der Waals surface area contributed by atoms with Gasteiger partial charge in [-0.05, 0) is 23.6 Å². The summed E-state index contributed by atoms with van der Waals surface area (Å²) < 4.78 is 26.3. The molecule has 1 amide bonds. The average Bonchev–Trinajstić information content (AvgIpc) is 2.35. The fourth-order valence-corrected chi connectivity index (χ4v) is 3.25. The van der Waals surface area contributed by atoms with E-state index in [-0.39, 0.29) is 11.5 Å². The van der Waals surface area contributed by atoms with Gasteiger partial charge in [0.25, 0.3) is 0 Å². The molecule has 116 valence electrons. The molecule has 0 spiro atoms. The van der Waals surface area contributed by atoms with Gasteiger partial charge in [-0.3, -0.25) is 4.79 Å². The zero-order chi connectivity index (χ0) is 16.2. The molecular weight excluding hydrogens is 296 g/mol. The van der Waals surface area contributed by atoms with Gasteiger partial charge in [0.2, 0.25) is 15.9 Å². The summed E-state index contributed by atoms with van der Waals surface area (Å²) in [4.78, 5) is 22.1. The van der Waals surface area contributed by atoms with Crippen LogP contribution in [0.5, 0.6) is 0 Å². The van der Waals surface area contributed by atoms with Crippen LogP contribution in [0.15, 0.2) is 24.3 Å². The van der Waals surface area contributed by atoms with E-state index in [1.165, 1.54) is 24.3 Å². The average molecular weight is 314 g/mol. The monoisotopic (exact) mass is 314 g/mol. The lowest BCUT2D eigenvalue weighted by molar-refractivity contribution is -0.120. The number of carboxylic acid groups (broad SMARTS) is 1. The Morgan fingerprint density at radius 3 is 2.43 bits per heavy atom. The minimum atomic E-state index is -3.81. The van der Waals surface area contributed by atoms with Crippen LogP contribution in [0.4, 0.5) is 0 Å². The number of nitrogens with one attached hydrogen (secondary N) is 1. The minimum absolute atomic E-state index is 0.00184. The first-order valence-electron chi connectivity index (χ1n) is 6.24. The van der Waals surface area contributed by atoms with Crippen LogP contribution in [0.2, 0.25) is 0 Å². The van der Waals surface area contributed by atoms with Crippen LogP contribution < -0.4 is 10.5 Å². The number of sulfonamides is 1. The molecule has 7 nitrogen and oxygen atoms in total. The van der Waals surface area contributed by atoms with E-state index < -0.39 is 33.7 Å². The predicted molar refractivity (Wildman–Crippen MR) is 77.0 cm³/mol. The first-order chi connectivity index (χ1) is 9.62. The van der Waals surface area contributed by atoms with Gasteiger partial charge in [0, 0.05) is 0 Å². The van der Waals surface area contributed by atoms with E-state index in [9.17, 15) is 18.0 Å². The van der Waals surface area contributed by atoms with Crippen molar-refractivity contribution in [3.63, 3.8) is 0 Å². The van der Waals surface area contributed by atoms with E-state index in [0.29, 0.717) is 5.56 Å². The van der Waals surface area contributed by atoms with Crippen molar-refractivity contribution >= 4 is 21.9 Å². The molecule has 21 heavy (non-hydrogen) atoms. The number of carbonyl (C=O) groups excluding carboxylic acids is 1. The molecule has 0 fully saturated rings.